The van der Waals surface area contributed by atoms with Gasteiger partial charge in [0, 0.05) is 6.54 Å². The number of aromatic hydroxyl groups is 1. The summed E-state index contributed by atoms with van der Waals surface area (Å²) in [6.07, 6.45) is 3.44. The monoisotopic (exact) mass is 484 g/mol. The smallest absolute Gasteiger partial charge is 0.239 e. The first-order valence-electron chi connectivity index (χ1n) is 11.4. The number of imidazole rings is 1. The van der Waals surface area contributed by atoms with E-state index in [1.807, 2.05) is 30.3 Å². The van der Waals surface area contributed by atoms with E-state index in [1.165, 1.54) is 36.1 Å². The van der Waals surface area contributed by atoms with Crippen LogP contribution in [0.2, 0.25) is 0 Å². The van der Waals surface area contributed by atoms with Gasteiger partial charge in [-0.1, -0.05) is 42.5 Å². The number of nitriles is 1. The van der Waals surface area contributed by atoms with Crippen molar-refractivity contribution >= 4 is 5.91 Å². The molecule has 3 aromatic carbocycles. The van der Waals surface area contributed by atoms with E-state index in [4.69, 9.17) is 5.26 Å². The molecule has 1 atom stereocenters. The number of carbonyl (C=O) groups is 1. The third kappa shape index (κ3) is 5.27. The van der Waals surface area contributed by atoms with Gasteiger partial charge in [-0.05, 0) is 59.9 Å². The average Bonchev–Trinajstić information content (AvgIpc) is 3.33. The molecule has 3 N–H and O–H groups in total. The van der Waals surface area contributed by atoms with Crippen molar-refractivity contribution in [2.75, 3.05) is 6.54 Å². The molecular weight excluding hydrogens is 459 g/mol. The first kappa shape index (κ1) is 24.6. The summed E-state index contributed by atoms with van der Waals surface area (Å²) in [6, 6.07) is 20.5. The van der Waals surface area contributed by atoms with Crippen LogP contribution in [0.15, 0.2) is 79.3 Å². The zero-order valence-corrected chi connectivity index (χ0v) is 19.6. The number of amides is 1. The van der Waals surface area contributed by atoms with Crippen LogP contribution in [0.5, 0.6) is 5.75 Å². The molecule has 0 spiro atoms. The maximum atomic E-state index is 14.1. The highest BCUT2D eigenvalue weighted by atomic mass is 19.1. The molecule has 36 heavy (non-hydrogen) atoms. The van der Waals surface area contributed by atoms with Gasteiger partial charge in [0.1, 0.15) is 29.8 Å². The molecule has 0 saturated heterocycles. The van der Waals surface area contributed by atoms with E-state index in [0.717, 1.165) is 22.8 Å². The minimum Gasteiger partial charge on any atom is -0.508 e. The molecule has 4 rings (SSSR count). The van der Waals surface area contributed by atoms with Crippen LogP contribution in [-0.4, -0.2) is 32.2 Å². The molecule has 1 aromatic heterocycles. The fourth-order valence-electron chi connectivity index (χ4n) is 4.15. The normalized spacial score (nSPS) is 12.5. The van der Waals surface area contributed by atoms with Gasteiger partial charge in [-0.25, -0.2) is 9.37 Å². The van der Waals surface area contributed by atoms with E-state index in [2.05, 4.69) is 10.3 Å². The molecule has 182 valence electrons. The summed E-state index contributed by atoms with van der Waals surface area (Å²) < 4.78 is 15.6. The lowest BCUT2D eigenvalue weighted by molar-refractivity contribution is -0.121. The number of phenolic OH excluding ortho intramolecular Hbond substituents is 1. The van der Waals surface area contributed by atoms with Crippen molar-refractivity contribution in [3.05, 3.63) is 107 Å². The lowest BCUT2D eigenvalue weighted by Crippen LogP contribution is -2.32. The summed E-state index contributed by atoms with van der Waals surface area (Å²) in [4.78, 5) is 16.7. The molecule has 7 nitrogen and oxygen atoms in total. The lowest BCUT2D eigenvalue weighted by atomic mass is 9.92. The largest absolute Gasteiger partial charge is 0.508 e. The minimum absolute atomic E-state index is 0.0849. The van der Waals surface area contributed by atoms with Gasteiger partial charge in [-0.15, -0.1) is 0 Å². The summed E-state index contributed by atoms with van der Waals surface area (Å²) in [7, 11) is 0. The number of aliphatic hydroxyl groups is 1. The number of nitrogens with zero attached hydrogens (tertiary/aromatic N) is 3. The number of hydrogen-bond donors (Lipinski definition) is 3. The van der Waals surface area contributed by atoms with E-state index in [-0.39, 0.29) is 29.3 Å². The number of carbonyl (C=O) groups excluding carboxylic acids is 1. The summed E-state index contributed by atoms with van der Waals surface area (Å²) in [5.41, 5.74) is 1.70. The molecule has 1 unspecified atom stereocenters. The Kier molecular flexibility index (Phi) is 7.13. The van der Waals surface area contributed by atoms with Crippen molar-refractivity contribution in [3.63, 3.8) is 0 Å². The number of nitrogens with one attached hydrogen (secondary N) is 1. The molecule has 1 amide bonds. The minimum atomic E-state index is -1.63. The lowest BCUT2D eigenvalue weighted by Gasteiger charge is -2.25. The van der Waals surface area contributed by atoms with Crippen LogP contribution in [0.3, 0.4) is 0 Å². The van der Waals surface area contributed by atoms with Crippen LogP contribution in [0.25, 0.3) is 11.1 Å². The Labute approximate surface area is 208 Å². The number of aromatic nitrogens is 2. The number of benzene rings is 3. The molecule has 0 radical (unpaired) electrons. The van der Waals surface area contributed by atoms with Crippen molar-refractivity contribution < 1.29 is 19.4 Å². The number of hydrogen-bond acceptors (Lipinski definition) is 5. The zero-order valence-electron chi connectivity index (χ0n) is 19.6. The maximum absolute atomic E-state index is 14.1. The molecule has 0 bridgehead atoms. The van der Waals surface area contributed by atoms with Crippen LogP contribution in [-0.2, 0) is 23.4 Å². The summed E-state index contributed by atoms with van der Waals surface area (Å²) in [6.45, 7) is 1.78. The fraction of sp³-hybridized carbons (Fsp3) is 0.179. The molecular formula is C28H25FN4O3. The molecule has 0 aliphatic heterocycles. The Morgan fingerprint density at radius 2 is 1.97 bits per heavy atom. The highest BCUT2D eigenvalue weighted by Gasteiger charge is 2.30. The fourth-order valence-corrected chi connectivity index (χ4v) is 4.15. The number of phenols is 1. The zero-order chi connectivity index (χ0) is 25.7. The van der Waals surface area contributed by atoms with E-state index in [9.17, 15) is 19.4 Å². The van der Waals surface area contributed by atoms with E-state index >= 15 is 0 Å². The van der Waals surface area contributed by atoms with Crippen molar-refractivity contribution in [3.8, 4) is 22.9 Å². The molecule has 0 saturated carbocycles. The van der Waals surface area contributed by atoms with E-state index in [1.54, 1.807) is 24.3 Å². The Bertz CT molecular complexity index is 1440. The Morgan fingerprint density at radius 3 is 2.72 bits per heavy atom. The van der Waals surface area contributed by atoms with Crippen molar-refractivity contribution in [2.45, 2.75) is 25.5 Å². The van der Waals surface area contributed by atoms with Gasteiger partial charge in [0.2, 0.25) is 5.91 Å². The molecule has 0 aliphatic rings. The van der Waals surface area contributed by atoms with Crippen LogP contribution < -0.4 is 5.32 Å². The molecule has 1 heterocycles. The quantitative estimate of drug-likeness (QED) is 0.352. The number of rotatable bonds is 8. The maximum Gasteiger partial charge on any atom is 0.239 e. The van der Waals surface area contributed by atoms with E-state index < -0.39 is 11.4 Å². The van der Waals surface area contributed by atoms with Gasteiger partial charge in [0.25, 0.3) is 0 Å². The Hall–Kier alpha value is -4.48. The van der Waals surface area contributed by atoms with Gasteiger partial charge in [0.15, 0.2) is 0 Å². The SMILES string of the molecule is CC(O)(c1ccc(C#N)c(F)c1)c1cncn1CC(=O)NCCc1ccccc1-c1cccc(O)c1. The third-order valence-electron chi connectivity index (χ3n) is 6.07. The Morgan fingerprint density at radius 1 is 1.17 bits per heavy atom. The van der Waals surface area contributed by atoms with Crippen molar-refractivity contribution in [2.24, 2.45) is 0 Å². The first-order valence-corrected chi connectivity index (χ1v) is 11.4. The topological polar surface area (TPSA) is 111 Å². The Balaban J connectivity index is 1.42. The molecule has 4 aromatic rings. The predicted molar refractivity (Wildman–Crippen MR) is 132 cm³/mol. The van der Waals surface area contributed by atoms with Crippen LogP contribution in [0.4, 0.5) is 4.39 Å². The summed E-state index contributed by atoms with van der Waals surface area (Å²) in [5, 5.41) is 32.8. The van der Waals surface area contributed by atoms with Crippen LogP contribution >= 0.6 is 0 Å². The van der Waals surface area contributed by atoms with Gasteiger partial charge in [-0.2, -0.15) is 5.26 Å². The van der Waals surface area contributed by atoms with Gasteiger partial charge in [0.05, 0.1) is 23.8 Å². The standard InChI is InChI=1S/C28H25FN4O3/c1-28(36,22-10-9-21(15-30)25(29)14-22)26-16-31-18-33(26)17-27(35)32-12-11-19-5-2-3-8-24(19)20-6-4-7-23(34)13-20/h2-10,13-14,16,18,34,36H,11-12,17H2,1H3,(H,32,35). The highest BCUT2D eigenvalue weighted by molar-refractivity contribution is 5.76. The van der Waals surface area contributed by atoms with Crippen molar-refractivity contribution in [1.29, 1.82) is 5.26 Å². The summed E-state index contributed by atoms with van der Waals surface area (Å²) >= 11 is 0. The third-order valence-corrected chi connectivity index (χ3v) is 6.07. The summed E-state index contributed by atoms with van der Waals surface area (Å²) in [5.74, 6) is -0.817. The predicted octanol–water partition coefficient (Wildman–Crippen LogP) is 3.88. The average molecular weight is 485 g/mol. The van der Waals surface area contributed by atoms with Crippen LogP contribution in [0.1, 0.15) is 29.3 Å². The molecule has 0 fully saturated rings. The molecule has 8 heteroatoms. The van der Waals surface area contributed by atoms with Gasteiger partial charge in [-0.3, -0.25) is 4.79 Å². The highest BCUT2D eigenvalue weighted by Crippen LogP contribution is 2.30. The van der Waals surface area contributed by atoms with Gasteiger partial charge >= 0.3 is 0 Å². The second-order valence-corrected chi connectivity index (χ2v) is 8.59. The number of halogens is 1. The van der Waals surface area contributed by atoms with Gasteiger partial charge < -0.3 is 20.1 Å². The second-order valence-electron chi connectivity index (χ2n) is 8.59. The first-order chi connectivity index (χ1) is 17.3. The second kappa shape index (κ2) is 10.4. The molecule has 0 aliphatic carbocycles. The van der Waals surface area contributed by atoms with Crippen molar-refractivity contribution in [1.82, 2.24) is 14.9 Å². The van der Waals surface area contributed by atoms with Crippen LogP contribution in [0, 0.1) is 17.1 Å². The van der Waals surface area contributed by atoms with E-state index in [0.29, 0.717) is 18.7 Å².